The Morgan fingerprint density at radius 2 is 1.83 bits per heavy atom. The van der Waals surface area contributed by atoms with Crippen molar-refractivity contribution in [2.75, 3.05) is 26.7 Å². The summed E-state index contributed by atoms with van der Waals surface area (Å²) in [4.78, 5) is 9.52. The molecule has 0 saturated carbocycles. The van der Waals surface area contributed by atoms with Gasteiger partial charge in [0.05, 0.1) is 5.52 Å². The maximum atomic E-state index is 4.48. The lowest BCUT2D eigenvalue weighted by molar-refractivity contribution is 0.0908. The van der Waals surface area contributed by atoms with Crippen molar-refractivity contribution in [2.24, 2.45) is 0 Å². The summed E-state index contributed by atoms with van der Waals surface area (Å²) < 4.78 is 0. The second-order valence-corrected chi connectivity index (χ2v) is 6.63. The average Bonchev–Trinajstić information content (AvgIpc) is 2.64. The molecular formula is C21H23N3. The van der Waals surface area contributed by atoms with Crippen molar-refractivity contribution in [3.05, 3.63) is 78.0 Å². The van der Waals surface area contributed by atoms with E-state index in [0.717, 1.165) is 31.7 Å². The van der Waals surface area contributed by atoms with Crippen LogP contribution in [0.3, 0.4) is 0 Å². The Bertz CT molecular complexity index is 810. The van der Waals surface area contributed by atoms with Crippen LogP contribution < -0.4 is 0 Å². The normalized spacial score (nSPS) is 19.6. The van der Waals surface area contributed by atoms with Gasteiger partial charge in [0.1, 0.15) is 0 Å². The maximum absolute atomic E-state index is 4.48. The van der Waals surface area contributed by atoms with Gasteiger partial charge in [-0.1, -0.05) is 48.5 Å². The summed E-state index contributed by atoms with van der Waals surface area (Å²) in [6.07, 6.45) is 1.87. The number of likely N-dealkylation sites (N-methyl/N-ethyl adjacent to an activating group) is 1. The molecule has 0 spiro atoms. The molecule has 3 aromatic rings. The van der Waals surface area contributed by atoms with Crippen LogP contribution in [0.15, 0.2) is 66.9 Å². The van der Waals surface area contributed by atoms with Crippen molar-refractivity contribution in [1.82, 2.24) is 14.8 Å². The lowest BCUT2D eigenvalue weighted by Crippen LogP contribution is -2.46. The van der Waals surface area contributed by atoms with Crippen LogP contribution in [0.25, 0.3) is 10.9 Å². The molecule has 1 atom stereocenters. The highest BCUT2D eigenvalue weighted by atomic mass is 15.3. The van der Waals surface area contributed by atoms with Crippen LogP contribution in [0.5, 0.6) is 0 Å². The van der Waals surface area contributed by atoms with Crippen molar-refractivity contribution in [2.45, 2.75) is 12.6 Å². The number of benzene rings is 2. The van der Waals surface area contributed by atoms with E-state index in [-0.39, 0.29) is 0 Å². The van der Waals surface area contributed by atoms with Gasteiger partial charge in [-0.05, 0) is 30.3 Å². The average molecular weight is 317 g/mol. The van der Waals surface area contributed by atoms with E-state index in [4.69, 9.17) is 0 Å². The Labute approximate surface area is 143 Å². The molecule has 4 rings (SSSR count). The minimum atomic E-state index is 0.466. The van der Waals surface area contributed by atoms with Gasteiger partial charge >= 0.3 is 0 Å². The van der Waals surface area contributed by atoms with E-state index in [9.17, 15) is 0 Å². The predicted octanol–water partition coefficient (Wildman–Crippen LogP) is 3.72. The molecule has 24 heavy (non-hydrogen) atoms. The van der Waals surface area contributed by atoms with Gasteiger partial charge in [-0.15, -0.1) is 0 Å². The van der Waals surface area contributed by atoms with Gasteiger partial charge in [0.2, 0.25) is 0 Å². The first-order chi connectivity index (χ1) is 11.8. The van der Waals surface area contributed by atoms with Crippen LogP contribution in [0.1, 0.15) is 17.2 Å². The summed E-state index contributed by atoms with van der Waals surface area (Å²) in [6.45, 7) is 4.26. The molecule has 1 aliphatic rings. The molecule has 1 aliphatic heterocycles. The minimum Gasteiger partial charge on any atom is -0.297 e. The minimum absolute atomic E-state index is 0.466. The number of aromatic nitrogens is 1. The quantitative estimate of drug-likeness (QED) is 0.734. The Morgan fingerprint density at radius 3 is 2.71 bits per heavy atom. The fourth-order valence-electron chi connectivity index (χ4n) is 3.65. The molecule has 1 aromatic heterocycles. The zero-order valence-corrected chi connectivity index (χ0v) is 14.1. The van der Waals surface area contributed by atoms with Crippen molar-refractivity contribution in [1.29, 1.82) is 0 Å². The molecule has 122 valence electrons. The molecule has 0 N–H and O–H groups in total. The highest BCUT2D eigenvalue weighted by Crippen LogP contribution is 2.26. The molecule has 3 heteroatoms. The van der Waals surface area contributed by atoms with E-state index in [1.165, 1.54) is 16.5 Å². The van der Waals surface area contributed by atoms with Gasteiger partial charge in [-0.25, -0.2) is 0 Å². The Morgan fingerprint density at radius 1 is 0.958 bits per heavy atom. The van der Waals surface area contributed by atoms with E-state index in [2.05, 4.69) is 76.4 Å². The highest BCUT2D eigenvalue weighted by Gasteiger charge is 2.25. The van der Waals surface area contributed by atoms with Gasteiger partial charge in [0, 0.05) is 43.8 Å². The summed E-state index contributed by atoms with van der Waals surface area (Å²) in [7, 11) is 2.23. The number of hydrogen-bond acceptors (Lipinski definition) is 3. The number of rotatable bonds is 3. The van der Waals surface area contributed by atoms with E-state index in [1.54, 1.807) is 0 Å². The summed E-state index contributed by atoms with van der Waals surface area (Å²) in [5.74, 6) is 0. The number of hydrogen-bond donors (Lipinski definition) is 0. The Balaban J connectivity index is 1.56. The van der Waals surface area contributed by atoms with Gasteiger partial charge in [0.25, 0.3) is 0 Å². The number of nitrogens with zero attached hydrogens (tertiary/aromatic N) is 3. The zero-order chi connectivity index (χ0) is 16.4. The summed E-state index contributed by atoms with van der Waals surface area (Å²) in [5.41, 5.74) is 3.87. The van der Waals surface area contributed by atoms with Crippen LogP contribution in [0, 0.1) is 0 Å². The molecule has 1 fully saturated rings. The molecule has 1 saturated heterocycles. The first kappa shape index (κ1) is 15.3. The van der Waals surface area contributed by atoms with Gasteiger partial charge in [-0.3, -0.25) is 14.8 Å². The largest absolute Gasteiger partial charge is 0.297 e. The highest BCUT2D eigenvalue weighted by molar-refractivity contribution is 5.81. The zero-order valence-electron chi connectivity index (χ0n) is 14.1. The lowest BCUT2D eigenvalue weighted by atomic mass is 10.0. The second-order valence-electron chi connectivity index (χ2n) is 6.63. The fraction of sp³-hybridized carbons (Fsp3) is 0.286. The van der Waals surface area contributed by atoms with Crippen molar-refractivity contribution in [3.63, 3.8) is 0 Å². The third-order valence-electron chi connectivity index (χ3n) is 5.05. The monoisotopic (exact) mass is 317 g/mol. The van der Waals surface area contributed by atoms with Gasteiger partial charge in [0.15, 0.2) is 0 Å². The van der Waals surface area contributed by atoms with Gasteiger partial charge in [-0.2, -0.15) is 0 Å². The SMILES string of the molecule is CN1CCN(Cc2cccc3ncccc23)CC1c1ccccc1. The maximum Gasteiger partial charge on any atom is 0.0705 e. The summed E-state index contributed by atoms with van der Waals surface area (Å²) in [6, 6.07) is 22.0. The number of pyridine rings is 1. The molecule has 2 aromatic carbocycles. The van der Waals surface area contributed by atoms with Crippen LogP contribution in [0.4, 0.5) is 0 Å². The molecule has 1 unspecified atom stereocenters. The van der Waals surface area contributed by atoms with Crippen LogP contribution >= 0.6 is 0 Å². The first-order valence-electron chi connectivity index (χ1n) is 8.61. The van der Waals surface area contributed by atoms with E-state index in [0.29, 0.717) is 6.04 Å². The molecule has 0 bridgehead atoms. The van der Waals surface area contributed by atoms with E-state index in [1.807, 2.05) is 12.3 Å². The fourth-order valence-corrected chi connectivity index (χ4v) is 3.65. The van der Waals surface area contributed by atoms with Crippen molar-refractivity contribution < 1.29 is 0 Å². The third-order valence-corrected chi connectivity index (χ3v) is 5.05. The van der Waals surface area contributed by atoms with Gasteiger partial charge < -0.3 is 0 Å². The first-order valence-corrected chi connectivity index (χ1v) is 8.61. The van der Waals surface area contributed by atoms with E-state index >= 15 is 0 Å². The van der Waals surface area contributed by atoms with Crippen LogP contribution in [-0.4, -0.2) is 41.5 Å². The molecule has 0 amide bonds. The molecular weight excluding hydrogens is 294 g/mol. The standard InChI is InChI=1S/C21H23N3/c1-23-13-14-24(16-21(23)17-7-3-2-4-8-17)15-18-9-5-11-20-19(18)10-6-12-22-20/h2-12,21H,13-16H2,1H3. The molecule has 0 aliphatic carbocycles. The summed E-state index contributed by atoms with van der Waals surface area (Å²) >= 11 is 0. The lowest BCUT2D eigenvalue weighted by Gasteiger charge is -2.40. The van der Waals surface area contributed by atoms with Crippen LogP contribution in [-0.2, 0) is 6.54 Å². The van der Waals surface area contributed by atoms with Crippen molar-refractivity contribution in [3.8, 4) is 0 Å². The Kier molecular flexibility index (Phi) is 4.28. The third kappa shape index (κ3) is 3.05. The molecule has 2 heterocycles. The van der Waals surface area contributed by atoms with Crippen LogP contribution in [0.2, 0.25) is 0 Å². The summed E-state index contributed by atoms with van der Waals surface area (Å²) in [5, 5.41) is 1.27. The number of fused-ring (bicyclic) bond motifs is 1. The number of piperazine rings is 1. The Hall–Kier alpha value is -2.23. The van der Waals surface area contributed by atoms with Crippen molar-refractivity contribution >= 4 is 10.9 Å². The predicted molar refractivity (Wildman–Crippen MR) is 98.8 cm³/mol. The topological polar surface area (TPSA) is 19.4 Å². The molecule has 0 radical (unpaired) electrons. The van der Waals surface area contributed by atoms with E-state index < -0.39 is 0 Å². The smallest absolute Gasteiger partial charge is 0.0705 e. The molecule has 3 nitrogen and oxygen atoms in total. The second kappa shape index (κ2) is 6.71.